The first-order valence-electron chi connectivity index (χ1n) is 6.95. The zero-order chi connectivity index (χ0) is 13.7. The lowest BCUT2D eigenvalue weighted by Gasteiger charge is -2.32. The van der Waals surface area contributed by atoms with E-state index >= 15 is 0 Å². The van der Waals surface area contributed by atoms with E-state index in [0.717, 1.165) is 37.1 Å². The third-order valence-corrected chi connectivity index (χ3v) is 3.33. The summed E-state index contributed by atoms with van der Waals surface area (Å²) in [5, 5.41) is 3.17. The number of hydrogen-bond donors (Lipinski definition) is 1. The minimum atomic E-state index is -0.193. The first-order valence-corrected chi connectivity index (χ1v) is 6.95. The minimum absolute atomic E-state index is 0.193. The molecule has 1 heterocycles. The van der Waals surface area contributed by atoms with Crippen molar-refractivity contribution in [3.63, 3.8) is 0 Å². The SMILES string of the molecule is CCCCN1C(CC)=CNC=C1c1cccc(F)c1. The van der Waals surface area contributed by atoms with Gasteiger partial charge in [0.05, 0.1) is 5.70 Å². The lowest BCUT2D eigenvalue weighted by Crippen LogP contribution is -2.28. The van der Waals surface area contributed by atoms with Crippen molar-refractivity contribution in [3.05, 3.63) is 53.7 Å². The van der Waals surface area contributed by atoms with E-state index in [0.29, 0.717) is 0 Å². The Hall–Kier alpha value is -1.77. The van der Waals surface area contributed by atoms with Gasteiger partial charge >= 0.3 is 0 Å². The van der Waals surface area contributed by atoms with E-state index in [1.54, 1.807) is 12.1 Å². The normalized spacial score (nSPS) is 14.8. The monoisotopic (exact) mass is 260 g/mol. The summed E-state index contributed by atoms with van der Waals surface area (Å²) < 4.78 is 13.4. The predicted molar refractivity (Wildman–Crippen MR) is 77.5 cm³/mol. The second-order valence-electron chi connectivity index (χ2n) is 4.70. The zero-order valence-electron chi connectivity index (χ0n) is 11.6. The summed E-state index contributed by atoms with van der Waals surface area (Å²) in [4.78, 5) is 2.29. The van der Waals surface area contributed by atoms with Crippen LogP contribution in [0, 0.1) is 5.82 Å². The number of unbranched alkanes of at least 4 members (excludes halogenated alkanes) is 1. The van der Waals surface area contributed by atoms with Crippen molar-refractivity contribution in [2.75, 3.05) is 6.54 Å². The van der Waals surface area contributed by atoms with Crippen molar-refractivity contribution in [3.8, 4) is 0 Å². The van der Waals surface area contributed by atoms with Crippen molar-refractivity contribution in [1.29, 1.82) is 0 Å². The van der Waals surface area contributed by atoms with Crippen LogP contribution in [-0.4, -0.2) is 11.4 Å². The van der Waals surface area contributed by atoms with Crippen molar-refractivity contribution in [1.82, 2.24) is 10.2 Å². The van der Waals surface area contributed by atoms with Crippen LogP contribution in [0.25, 0.3) is 5.70 Å². The fourth-order valence-corrected chi connectivity index (χ4v) is 2.29. The highest BCUT2D eigenvalue weighted by atomic mass is 19.1. The molecule has 2 nitrogen and oxygen atoms in total. The average molecular weight is 260 g/mol. The van der Waals surface area contributed by atoms with Gasteiger partial charge in [0.1, 0.15) is 5.82 Å². The van der Waals surface area contributed by atoms with Crippen molar-refractivity contribution < 1.29 is 4.39 Å². The first kappa shape index (κ1) is 13.7. The number of nitrogens with one attached hydrogen (secondary N) is 1. The lowest BCUT2D eigenvalue weighted by atomic mass is 10.1. The summed E-state index contributed by atoms with van der Waals surface area (Å²) in [6, 6.07) is 6.78. The topological polar surface area (TPSA) is 15.3 Å². The van der Waals surface area contributed by atoms with Gasteiger partial charge in [-0.05, 0) is 25.0 Å². The largest absolute Gasteiger partial charge is 0.364 e. The van der Waals surface area contributed by atoms with Gasteiger partial charge in [-0.2, -0.15) is 0 Å². The van der Waals surface area contributed by atoms with E-state index in [4.69, 9.17) is 0 Å². The second kappa shape index (κ2) is 6.41. The maximum absolute atomic E-state index is 13.4. The van der Waals surface area contributed by atoms with E-state index in [9.17, 15) is 4.39 Å². The molecule has 1 N–H and O–H groups in total. The van der Waals surface area contributed by atoms with Crippen molar-refractivity contribution >= 4 is 5.70 Å². The molecular formula is C16H21FN2. The van der Waals surface area contributed by atoms with E-state index in [-0.39, 0.29) is 5.82 Å². The fraction of sp³-hybridized carbons (Fsp3) is 0.375. The Balaban J connectivity index is 2.28. The molecule has 0 bridgehead atoms. The number of rotatable bonds is 5. The van der Waals surface area contributed by atoms with Gasteiger partial charge < -0.3 is 10.2 Å². The molecular weight excluding hydrogens is 239 g/mol. The highest BCUT2D eigenvalue weighted by Crippen LogP contribution is 2.27. The quantitative estimate of drug-likeness (QED) is 0.858. The van der Waals surface area contributed by atoms with E-state index < -0.39 is 0 Å². The van der Waals surface area contributed by atoms with Gasteiger partial charge in [0.15, 0.2) is 0 Å². The molecule has 0 atom stereocenters. The summed E-state index contributed by atoms with van der Waals surface area (Å²) in [7, 11) is 0. The summed E-state index contributed by atoms with van der Waals surface area (Å²) in [5.41, 5.74) is 3.21. The number of allylic oxidation sites excluding steroid dienone is 1. The molecule has 1 aliphatic heterocycles. The summed E-state index contributed by atoms with van der Waals surface area (Å²) >= 11 is 0. The van der Waals surface area contributed by atoms with Crippen LogP contribution >= 0.6 is 0 Å². The molecule has 1 aliphatic rings. The molecule has 1 aromatic rings. The van der Waals surface area contributed by atoms with Crippen LogP contribution in [0.2, 0.25) is 0 Å². The molecule has 3 heteroatoms. The van der Waals surface area contributed by atoms with Gasteiger partial charge in [-0.25, -0.2) is 4.39 Å². The van der Waals surface area contributed by atoms with Gasteiger partial charge in [-0.15, -0.1) is 0 Å². The zero-order valence-corrected chi connectivity index (χ0v) is 11.6. The molecule has 102 valence electrons. The Morgan fingerprint density at radius 1 is 1.21 bits per heavy atom. The molecule has 0 amide bonds. The molecule has 0 spiro atoms. The minimum Gasteiger partial charge on any atom is -0.364 e. The predicted octanol–water partition coefficient (Wildman–Crippen LogP) is 4.08. The van der Waals surface area contributed by atoms with Crippen molar-refractivity contribution in [2.24, 2.45) is 0 Å². The van der Waals surface area contributed by atoms with Gasteiger partial charge in [0.25, 0.3) is 0 Å². The summed E-state index contributed by atoms with van der Waals surface area (Å²) in [5.74, 6) is -0.193. The van der Waals surface area contributed by atoms with Crippen LogP contribution in [0.4, 0.5) is 4.39 Å². The lowest BCUT2D eigenvalue weighted by molar-refractivity contribution is 0.445. The Bertz CT molecular complexity index is 491. The Morgan fingerprint density at radius 3 is 2.74 bits per heavy atom. The third-order valence-electron chi connectivity index (χ3n) is 3.33. The fourth-order valence-electron chi connectivity index (χ4n) is 2.29. The molecule has 0 fully saturated rings. The average Bonchev–Trinajstić information content (AvgIpc) is 2.44. The van der Waals surface area contributed by atoms with Crippen LogP contribution in [0.15, 0.2) is 42.4 Å². The Kier molecular flexibility index (Phi) is 4.61. The standard InChI is InChI=1S/C16H21FN2/c1-3-5-9-19-15(4-2)11-18-12-16(19)13-7-6-8-14(17)10-13/h6-8,10-12,18H,3-5,9H2,1-2H3. The molecule has 0 radical (unpaired) electrons. The molecule has 0 unspecified atom stereocenters. The smallest absolute Gasteiger partial charge is 0.123 e. The van der Waals surface area contributed by atoms with E-state index in [2.05, 4.69) is 24.1 Å². The molecule has 19 heavy (non-hydrogen) atoms. The number of halogens is 1. The highest BCUT2D eigenvalue weighted by molar-refractivity contribution is 5.66. The van der Waals surface area contributed by atoms with Crippen LogP contribution in [0.3, 0.4) is 0 Å². The second-order valence-corrected chi connectivity index (χ2v) is 4.70. The number of benzene rings is 1. The van der Waals surface area contributed by atoms with Crippen molar-refractivity contribution in [2.45, 2.75) is 33.1 Å². The molecule has 1 aromatic carbocycles. The molecule has 0 aliphatic carbocycles. The van der Waals surface area contributed by atoms with Crippen LogP contribution in [-0.2, 0) is 0 Å². The Morgan fingerprint density at radius 2 is 2.05 bits per heavy atom. The number of hydrogen-bond acceptors (Lipinski definition) is 2. The molecule has 0 aromatic heterocycles. The van der Waals surface area contributed by atoms with Crippen LogP contribution in [0.1, 0.15) is 38.7 Å². The van der Waals surface area contributed by atoms with Crippen LogP contribution in [0.5, 0.6) is 0 Å². The maximum Gasteiger partial charge on any atom is 0.123 e. The molecule has 2 rings (SSSR count). The van der Waals surface area contributed by atoms with E-state index in [1.165, 1.54) is 11.8 Å². The Labute approximate surface area is 114 Å². The van der Waals surface area contributed by atoms with Gasteiger partial charge in [-0.1, -0.05) is 32.4 Å². The molecule has 0 saturated heterocycles. The maximum atomic E-state index is 13.4. The summed E-state index contributed by atoms with van der Waals surface area (Å²) in [6.45, 7) is 5.30. The van der Waals surface area contributed by atoms with Gasteiger partial charge in [-0.3, -0.25) is 0 Å². The summed E-state index contributed by atoms with van der Waals surface area (Å²) in [6.07, 6.45) is 7.22. The highest BCUT2D eigenvalue weighted by Gasteiger charge is 2.17. The first-order chi connectivity index (χ1) is 9.26. The number of nitrogens with zero attached hydrogens (tertiary/aromatic N) is 1. The van der Waals surface area contributed by atoms with Crippen LogP contribution < -0.4 is 5.32 Å². The molecule has 0 saturated carbocycles. The van der Waals surface area contributed by atoms with Gasteiger partial charge in [0, 0.05) is 30.2 Å². The third kappa shape index (κ3) is 3.16. The van der Waals surface area contributed by atoms with Gasteiger partial charge in [0.2, 0.25) is 0 Å². The van der Waals surface area contributed by atoms with E-state index in [1.807, 2.05) is 18.5 Å².